The molecule has 5 rings (SSSR count). The number of hydrogen-bond acceptors (Lipinski definition) is 5. The van der Waals surface area contributed by atoms with Crippen molar-refractivity contribution in [2.45, 2.75) is 64.8 Å². The number of ether oxygens (including phenoxy) is 1. The van der Waals surface area contributed by atoms with Crippen LogP contribution in [0.15, 0.2) is 18.2 Å². The molecule has 0 radical (unpaired) electrons. The molecule has 7 nitrogen and oxygen atoms in total. The first kappa shape index (κ1) is 24.9. The maximum Gasteiger partial charge on any atom is 0.258 e. The van der Waals surface area contributed by atoms with Crippen LogP contribution in [0, 0.1) is 19.7 Å². The molecule has 0 spiro atoms. The summed E-state index contributed by atoms with van der Waals surface area (Å²) in [4.78, 5) is 21.9. The third-order valence-electron chi connectivity index (χ3n) is 7.42. The summed E-state index contributed by atoms with van der Waals surface area (Å²) in [5.74, 6) is -0.428. The number of rotatable bonds is 6. The zero-order chi connectivity index (χ0) is 25.6. The van der Waals surface area contributed by atoms with Crippen molar-refractivity contribution in [3.05, 3.63) is 57.2 Å². The van der Waals surface area contributed by atoms with E-state index in [1.165, 1.54) is 18.2 Å². The molecule has 1 fully saturated rings. The van der Waals surface area contributed by atoms with Gasteiger partial charge in [-0.25, -0.2) is 18.3 Å². The van der Waals surface area contributed by atoms with E-state index in [1.807, 2.05) is 25.8 Å². The summed E-state index contributed by atoms with van der Waals surface area (Å²) in [6.45, 7) is 4.48. The molecule has 2 aliphatic rings. The van der Waals surface area contributed by atoms with Gasteiger partial charge in [0.05, 0.1) is 46.9 Å². The summed E-state index contributed by atoms with van der Waals surface area (Å²) >= 11 is 6.34. The molecule has 0 atom stereocenters. The Morgan fingerprint density at radius 3 is 2.69 bits per heavy atom. The molecule has 0 bridgehead atoms. The van der Waals surface area contributed by atoms with E-state index >= 15 is 0 Å². The fourth-order valence-electron chi connectivity index (χ4n) is 5.30. The van der Waals surface area contributed by atoms with Gasteiger partial charge in [0.1, 0.15) is 18.2 Å². The van der Waals surface area contributed by atoms with Gasteiger partial charge in [-0.05, 0) is 58.7 Å². The van der Waals surface area contributed by atoms with E-state index in [1.54, 1.807) is 9.42 Å². The van der Waals surface area contributed by atoms with E-state index in [-0.39, 0.29) is 24.4 Å². The Kier molecular flexibility index (Phi) is 6.87. The number of hydrogen-bond donors (Lipinski definition) is 0. The molecule has 1 aromatic carbocycles. The fourth-order valence-corrected chi connectivity index (χ4v) is 5.42. The Balaban J connectivity index is 1.32. The van der Waals surface area contributed by atoms with Gasteiger partial charge in [-0.15, -0.1) is 0 Å². The quantitative estimate of drug-likeness (QED) is 0.466. The van der Waals surface area contributed by atoms with Gasteiger partial charge in [0, 0.05) is 24.2 Å². The lowest BCUT2D eigenvalue weighted by Gasteiger charge is -2.34. The van der Waals surface area contributed by atoms with Crippen LogP contribution in [-0.2, 0) is 13.1 Å². The van der Waals surface area contributed by atoms with Crippen molar-refractivity contribution in [2.24, 2.45) is 0 Å². The first-order chi connectivity index (χ1) is 17.3. The van der Waals surface area contributed by atoms with Gasteiger partial charge in [-0.1, -0.05) is 11.6 Å². The Morgan fingerprint density at radius 2 is 1.97 bits per heavy atom. The second-order valence-electron chi connectivity index (χ2n) is 9.78. The molecule has 3 aromatic rings. The molecule has 1 saturated carbocycles. The molecule has 2 aromatic heterocycles. The lowest BCUT2D eigenvalue weighted by Crippen LogP contribution is -2.38. The molecule has 1 aliphatic carbocycles. The summed E-state index contributed by atoms with van der Waals surface area (Å²) in [5.41, 5.74) is 4.23. The van der Waals surface area contributed by atoms with Crippen molar-refractivity contribution < 1.29 is 18.3 Å². The summed E-state index contributed by atoms with van der Waals surface area (Å²) < 4.78 is 34.8. The molecule has 3 heterocycles. The van der Waals surface area contributed by atoms with E-state index in [0.717, 1.165) is 42.6 Å². The number of alkyl halides is 1. The standard InChI is InChI=1S/C26H30ClF2N5O2/c1-15-24(27)16(2)34-25(30-15)21-13-33(14-22(21)31-34)26(35)20-9-4-17(29)12-23(20)36-19-7-5-18(6-8-19)32(3)11-10-28/h4,9,12,18-19H,5-8,10-11,13-14H2,1-3H3/t18-,19+. The highest BCUT2D eigenvalue weighted by atomic mass is 35.5. The van der Waals surface area contributed by atoms with Gasteiger partial charge in [0.25, 0.3) is 5.91 Å². The molecule has 0 saturated heterocycles. The first-order valence-corrected chi connectivity index (χ1v) is 12.7. The Labute approximate surface area is 214 Å². The van der Waals surface area contributed by atoms with Crippen molar-refractivity contribution in [1.82, 2.24) is 24.4 Å². The van der Waals surface area contributed by atoms with E-state index in [0.29, 0.717) is 47.6 Å². The number of nitrogens with zero attached hydrogens (tertiary/aromatic N) is 5. The molecule has 0 unspecified atom stereocenters. The number of carbonyl (C=O) groups is 1. The van der Waals surface area contributed by atoms with Gasteiger partial charge in [-0.2, -0.15) is 5.10 Å². The zero-order valence-corrected chi connectivity index (χ0v) is 21.5. The van der Waals surface area contributed by atoms with E-state index in [4.69, 9.17) is 16.3 Å². The second-order valence-corrected chi connectivity index (χ2v) is 10.2. The minimum atomic E-state index is -0.452. The monoisotopic (exact) mass is 517 g/mol. The smallest absolute Gasteiger partial charge is 0.258 e. The molecule has 1 amide bonds. The predicted molar refractivity (Wildman–Crippen MR) is 133 cm³/mol. The van der Waals surface area contributed by atoms with Gasteiger partial charge < -0.3 is 14.5 Å². The Hall–Kier alpha value is -2.78. The average molecular weight is 518 g/mol. The van der Waals surface area contributed by atoms with Gasteiger partial charge in [-0.3, -0.25) is 4.79 Å². The lowest BCUT2D eigenvalue weighted by atomic mass is 9.92. The summed E-state index contributed by atoms with van der Waals surface area (Å²) in [6, 6.07) is 4.37. The predicted octanol–water partition coefficient (Wildman–Crippen LogP) is 4.89. The molecule has 1 aliphatic heterocycles. The number of benzene rings is 1. The number of amides is 1. The van der Waals surface area contributed by atoms with Crippen molar-refractivity contribution in [3.8, 4) is 5.75 Å². The molecule has 0 N–H and O–H groups in total. The normalized spacial score (nSPS) is 19.8. The van der Waals surface area contributed by atoms with Crippen molar-refractivity contribution in [2.75, 3.05) is 20.3 Å². The Bertz CT molecular complexity index is 1310. The highest BCUT2D eigenvalue weighted by Gasteiger charge is 2.32. The molecular weight excluding hydrogens is 488 g/mol. The molecule has 192 valence electrons. The number of halogens is 3. The maximum absolute atomic E-state index is 14.2. The lowest BCUT2D eigenvalue weighted by molar-refractivity contribution is 0.0728. The van der Waals surface area contributed by atoms with Crippen LogP contribution in [0.4, 0.5) is 8.78 Å². The van der Waals surface area contributed by atoms with Crippen LogP contribution in [0.3, 0.4) is 0 Å². The zero-order valence-electron chi connectivity index (χ0n) is 20.7. The van der Waals surface area contributed by atoms with E-state index in [2.05, 4.69) is 10.1 Å². The van der Waals surface area contributed by atoms with Crippen molar-refractivity contribution >= 4 is 23.2 Å². The number of aryl methyl sites for hydroxylation is 2. The largest absolute Gasteiger partial charge is 0.489 e. The maximum atomic E-state index is 14.2. The van der Waals surface area contributed by atoms with Crippen molar-refractivity contribution in [1.29, 1.82) is 0 Å². The second kappa shape index (κ2) is 9.94. The highest BCUT2D eigenvalue weighted by Crippen LogP contribution is 2.33. The summed E-state index contributed by atoms with van der Waals surface area (Å²) in [7, 11) is 1.94. The van der Waals surface area contributed by atoms with Gasteiger partial charge in [0.15, 0.2) is 5.65 Å². The Morgan fingerprint density at radius 1 is 1.22 bits per heavy atom. The van der Waals surface area contributed by atoms with Gasteiger partial charge >= 0.3 is 0 Å². The third-order valence-corrected chi connectivity index (χ3v) is 7.96. The van der Waals surface area contributed by atoms with Crippen LogP contribution in [0.25, 0.3) is 5.65 Å². The topological polar surface area (TPSA) is 63.0 Å². The van der Waals surface area contributed by atoms with Crippen LogP contribution < -0.4 is 4.74 Å². The first-order valence-electron chi connectivity index (χ1n) is 12.3. The van der Waals surface area contributed by atoms with Gasteiger partial charge in [0.2, 0.25) is 0 Å². The highest BCUT2D eigenvalue weighted by molar-refractivity contribution is 6.31. The molecule has 36 heavy (non-hydrogen) atoms. The van der Waals surface area contributed by atoms with E-state index in [9.17, 15) is 13.6 Å². The van der Waals surface area contributed by atoms with Crippen LogP contribution in [0.5, 0.6) is 5.75 Å². The minimum absolute atomic E-state index is 0.117. The molecular formula is C26H30ClF2N5O2. The minimum Gasteiger partial charge on any atom is -0.489 e. The number of fused-ring (bicyclic) bond motifs is 3. The SMILES string of the molecule is Cc1nc2c3c(nn2c(C)c1Cl)CN(C(=O)c1ccc(F)cc1O[C@H]1CC[C@@H](N(C)CCF)CC1)C3. The van der Waals surface area contributed by atoms with Crippen LogP contribution >= 0.6 is 11.6 Å². The molecule has 10 heteroatoms. The van der Waals surface area contributed by atoms with Crippen LogP contribution in [0.2, 0.25) is 5.02 Å². The van der Waals surface area contributed by atoms with E-state index < -0.39 is 5.82 Å². The number of aromatic nitrogens is 3. The summed E-state index contributed by atoms with van der Waals surface area (Å²) in [5, 5.41) is 5.22. The average Bonchev–Trinajstić information content (AvgIpc) is 3.42. The fraction of sp³-hybridized carbons (Fsp3) is 0.500. The van der Waals surface area contributed by atoms with Crippen molar-refractivity contribution in [3.63, 3.8) is 0 Å². The third kappa shape index (κ3) is 4.54. The van der Waals surface area contributed by atoms with Crippen LogP contribution in [-0.4, -0.2) is 62.7 Å². The number of carbonyl (C=O) groups excluding carboxylic acids is 1. The summed E-state index contributed by atoms with van der Waals surface area (Å²) in [6.07, 6.45) is 3.16. The van der Waals surface area contributed by atoms with Crippen LogP contribution in [0.1, 0.15) is 58.7 Å².